The Bertz CT molecular complexity index is 406. The Morgan fingerprint density at radius 1 is 1.24 bits per heavy atom. The Kier molecular flexibility index (Phi) is 9.20. The van der Waals surface area contributed by atoms with Crippen molar-refractivity contribution >= 4 is 36.2 Å². The summed E-state index contributed by atoms with van der Waals surface area (Å²) in [5, 5.41) is 3.24. The molecule has 2 nitrogen and oxygen atoms in total. The van der Waals surface area contributed by atoms with Gasteiger partial charge in [-0.25, -0.2) is 0 Å². The maximum atomic E-state index is 12.5. The molecular weight excluding hydrogens is 344 g/mol. The van der Waals surface area contributed by atoms with E-state index in [1.54, 1.807) is 11.3 Å². The maximum Gasteiger partial charge on any atom is 0.389 e. The van der Waals surface area contributed by atoms with E-state index in [9.17, 15) is 13.2 Å². The first-order valence-corrected chi connectivity index (χ1v) is 7.35. The predicted octanol–water partition coefficient (Wildman–Crippen LogP) is 4.19. The van der Waals surface area contributed by atoms with Crippen LogP contribution in [-0.2, 0) is 0 Å². The van der Waals surface area contributed by atoms with Crippen LogP contribution in [0.3, 0.4) is 0 Å². The molecule has 124 valence electrons. The fraction of sp³-hybridized carbons (Fsp3) is 0.692. The first-order chi connectivity index (χ1) is 8.96. The minimum absolute atomic E-state index is 0. The third-order valence-electron chi connectivity index (χ3n) is 3.38. The molecule has 1 aromatic heterocycles. The van der Waals surface area contributed by atoms with Gasteiger partial charge in [0, 0.05) is 48.4 Å². The molecule has 2 heterocycles. The van der Waals surface area contributed by atoms with Gasteiger partial charge in [-0.2, -0.15) is 13.2 Å². The fourth-order valence-corrected chi connectivity index (χ4v) is 3.48. The number of aryl methyl sites for hydroxylation is 1. The van der Waals surface area contributed by atoms with Gasteiger partial charge in [-0.3, -0.25) is 4.90 Å². The summed E-state index contributed by atoms with van der Waals surface area (Å²) in [7, 11) is 0. The topological polar surface area (TPSA) is 15.3 Å². The van der Waals surface area contributed by atoms with E-state index in [1.165, 1.54) is 0 Å². The number of hydrogen-bond donors (Lipinski definition) is 1. The third kappa shape index (κ3) is 6.74. The van der Waals surface area contributed by atoms with Crippen LogP contribution < -0.4 is 5.32 Å². The Morgan fingerprint density at radius 2 is 1.86 bits per heavy atom. The Hall–Kier alpha value is -0.0100. The van der Waals surface area contributed by atoms with E-state index in [1.807, 2.05) is 19.1 Å². The predicted molar refractivity (Wildman–Crippen MR) is 86.0 cm³/mol. The van der Waals surface area contributed by atoms with E-state index in [4.69, 9.17) is 0 Å². The van der Waals surface area contributed by atoms with Crippen LogP contribution in [0.25, 0.3) is 0 Å². The smallest absolute Gasteiger partial charge is 0.314 e. The average Bonchev–Trinajstić information content (AvgIpc) is 2.76. The van der Waals surface area contributed by atoms with E-state index in [0.717, 1.165) is 35.9 Å². The van der Waals surface area contributed by atoms with Gasteiger partial charge in [0.05, 0.1) is 0 Å². The number of rotatable bonds is 4. The number of halogens is 5. The van der Waals surface area contributed by atoms with Gasteiger partial charge in [-0.15, -0.1) is 36.2 Å². The quantitative estimate of drug-likeness (QED) is 0.861. The van der Waals surface area contributed by atoms with Gasteiger partial charge in [0.15, 0.2) is 0 Å². The van der Waals surface area contributed by atoms with Gasteiger partial charge < -0.3 is 5.32 Å². The number of nitrogens with zero attached hydrogens (tertiary/aromatic N) is 1. The summed E-state index contributed by atoms with van der Waals surface area (Å²) in [6, 6.07) is 3.87. The van der Waals surface area contributed by atoms with Crippen molar-refractivity contribution in [2.24, 2.45) is 0 Å². The maximum absolute atomic E-state index is 12.5. The van der Waals surface area contributed by atoms with Gasteiger partial charge in [-0.05, 0) is 25.5 Å². The SMILES string of the molecule is Cc1ccc([C@@H](CCC(F)(F)F)N2CCNCC2)s1.Cl.Cl. The van der Waals surface area contributed by atoms with Crippen LogP contribution in [0.5, 0.6) is 0 Å². The second-order valence-electron chi connectivity index (χ2n) is 4.90. The molecule has 0 aromatic carbocycles. The molecule has 1 fully saturated rings. The lowest BCUT2D eigenvalue weighted by Crippen LogP contribution is -2.45. The second kappa shape index (κ2) is 9.20. The summed E-state index contributed by atoms with van der Waals surface area (Å²) >= 11 is 1.61. The van der Waals surface area contributed by atoms with Crippen molar-refractivity contribution < 1.29 is 13.2 Å². The molecule has 1 N–H and O–H groups in total. The van der Waals surface area contributed by atoms with Gasteiger partial charge in [0.1, 0.15) is 0 Å². The molecule has 0 bridgehead atoms. The summed E-state index contributed by atoms with van der Waals surface area (Å²) < 4.78 is 37.4. The molecule has 0 spiro atoms. The molecule has 1 atom stereocenters. The summed E-state index contributed by atoms with van der Waals surface area (Å²) in [5.74, 6) is 0. The average molecular weight is 365 g/mol. The van der Waals surface area contributed by atoms with E-state index in [-0.39, 0.29) is 37.3 Å². The van der Waals surface area contributed by atoms with Crippen molar-refractivity contribution in [1.29, 1.82) is 0 Å². The number of alkyl halides is 3. The highest BCUT2D eigenvalue weighted by Gasteiger charge is 2.31. The van der Waals surface area contributed by atoms with Crippen molar-refractivity contribution in [3.8, 4) is 0 Å². The highest BCUT2D eigenvalue weighted by Crippen LogP contribution is 2.34. The molecule has 21 heavy (non-hydrogen) atoms. The normalized spacial score (nSPS) is 17.7. The zero-order valence-electron chi connectivity index (χ0n) is 11.8. The summed E-state index contributed by atoms with van der Waals surface area (Å²) in [6.07, 6.45) is -4.62. The Balaban J connectivity index is 0.00000200. The first-order valence-electron chi connectivity index (χ1n) is 6.53. The van der Waals surface area contributed by atoms with Gasteiger partial charge >= 0.3 is 6.18 Å². The molecule has 8 heteroatoms. The Morgan fingerprint density at radius 3 is 2.33 bits per heavy atom. The van der Waals surface area contributed by atoms with Crippen LogP contribution in [0, 0.1) is 6.92 Å². The fourth-order valence-electron chi connectivity index (χ4n) is 2.43. The minimum Gasteiger partial charge on any atom is -0.314 e. The van der Waals surface area contributed by atoms with Crippen molar-refractivity contribution in [2.75, 3.05) is 26.2 Å². The molecule has 1 saturated heterocycles. The summed E-state index contributed by atoms with van der Waals surface area (Å²) in [6.45, 7) is 5.34. The third-order valence-corrected chi connectivity index (χ3v) is 4.49. The summed E-state index contributed by atoms with van der Waals surface area (Å²) in [4.78, 5) is 4.39. The Labute approximate surface area is 139 Å². The molecule has 1 aromatic rings. The lowest BCUT2D eigenvalue weighted by Gasteiger charge is -2.34. The van der Waals surface area contributed by atoms with Crippen LogP contribution in [-0.4, -0.2) is 37.3 Å². The minimum atomic E-state index is -4.07. The largest absolute Gasteiger partial charge is 0.389 e. The van der Waals surface area contributed by atoms with Crippen LogP contribution in [0.4, 0.5) is 13.2 Å². The second-order valence-corrected chi connectivity index (χ2v) is 6.22. The van der Waals surface area contributed by atoms with Crippen molar-refractivity contribution in [1.82, 2.24) is 10.2 Å². The number of hydrogen-bond acceptors (Lipinski definition) is 3. The zero-order chi connectivity index (χ0) is 13.9. The van der Waals surface area contributed by atoms with Crippen LogP contribution >= 0.6 is 36.2 Å². The molecule has 1 aliphatic heterocycles. The van der Waals surface area contributed by atoms with Crippen LogP contribution in [0.1, 0.15) is 28.6 Å². The van der Waals surface area contributed by atoms with E-state index >= 15 is 0 Å². The highest BCUT2D eigenvalue weighted by molar-refractivity contribution is 7.12. The van der Waals surface area contributed by atoms with Crippen LogP contribution in [0.2, 0.25) is 0 Å². The lowest BCUT2D eigenvalue weighted by molar-refractivity contribution is -0.138. The van der Waals surface area contributed by atoms with Crippen molar-refractivity contribution in [2.45, 2.75) is 32.0 Å². The van der Waals surface area contributed by atoms with Crippen LogP contribution in [0.15, 0.2) is 12.1 Å². The standard InChI is InChI=1S/C13H19F3N2S.2ClH/c1-10-2-3-12(19-10)11(4-5-13(14,15)16)18-8-6-17-7-9-18;;/h2-3,11,17H,4-9H2,1H3;2*1H/t11-;;/m1../s1. The molecule has 0 radical (unpaired) electrons. The van der Waals surface area contributed by atoms with Crippen molar-refractivity contribution in [3.63, 3.8) is 0 Å². The molecule has 2 rings (SSSR count). The zero-order valence-corrected chi connectivity index (χ0v) is 14.2. The number of nitrogens with one attached hydrogen (secondary N) is 1. The van der Waals surface area contributed by atoms with Gasteiger partial charge in [0.25, 0.3) is 0 Å². The molecule has 0 saturated carbocycles. The van der Waals surface area contributed by atoms with Gasteiger partial charge in [0.2, 0.25) is 0 Å². The molecule has 1 aliphatic rings. The molecule has 0 aliphatic carbocycles. The van der Waals surface area contributed by atoms with E-state index < -0.39 is 12.6 Å². The first kappa shape index (κ1) is 21.0. The number of piperazine rings is 1. The highest BCUT2D eigenvalue weighted by atomic mass is 35.5. The molecular formula is C13H21Cl2F3N2S. The summed E-state index contributed by atoms with van der Waals surface area (Å²) in [5.41, 5.74) is 0. The lowest BCUT2D eigenvalue weighted by atomic mass is 10.1. The monoisotopic (exact) mass is 364 g/mol. The molecule has 0 amide bonds. The van der Waals surface area contributed by atoms with Crippen molar-refractivity contribution in [3.05, 3.63) is 21.9 Å². The number of thiophene rings is 1. The van der Waals surface area contributed by atoms with E-state index in [2.05, 4.69) is 10.2 Å². The van der Waals surface area contributed by atoms with Gasteiger partial charge in [-0.1, -0.05) is 0 Å². The molecule has 0 unspecified atom stereocenters. The van der Waals surface area contributed by atoms with E-state index in [0.29, 0.717) is 0 Å².